The van der Waals surface area contributed by atoms with E-state index in [1.54, 1.807) is 31.2 Å². The van der Waals surface area contributed by atoms with Crippen molar-refractivity contribution in [3.63, 3.8) is 0 Å². The number of halogens is 3. The van der Waals surface area contributed by atoms with Crippen LogP contribution in [0.4, 0.5) is 10.1 Å². The third kappa shape index (κ3) is 6.50. The molecule has 246 valence electrons. The number of aryl methyl sites for hydroxylation is 1. The van der Waals surface area contributed by atoms with Crippen LogP contribution in [-0.2, 0) is 26.0 Å². The minimum Gasteiger partial charge on any atom is -0.425 e. The van der Waals surface area contributed by atoms with Crippen molar-refractivity contribution in [3.8, 4) is 0 Å². The molecule has 1 N–H and O–H groups in total. The van der Waals surface area contributed by atoms with Gasteiger partial charge in [0.15, 0.2) is 0 Å². The van der Waals surface area contributed by atoms with Crippen molar-refractivity contribution in [2.45, 2.75) is 74.5 Å². The molecule has 1 aliphatic heterocycles. The molecule has 1 saturated heterocycles. The fourth-order valence-corrected chi connectivity index (χ4v) is 8.68. The molecule has 13 heteroatoms. The molecule has 47 heavy (non-hydrogen) atoms. The Morgan fingerprint density at radius 2 is 1.74 bits per heavy atom. The number of aromatic nitrogens is 2. The molecule has 2 saturated carbocycles. The molecule has 3 aromatic carbocycles. The van der Waals surface area contributed by atoms with E-state index in [9.17, 15) is 17.6 Å². The fraction of sp³-hybridized carbons (Fsp3) is 0.382. The monoisotopic (exact) mass is 698 g/mol. The van der Waals surface area contributed by atoms with Gasteiger partial charge >= 0.3 is 0 Å². The number of nitrogens with zero attached hydrogens (tertiary/aromatic N) is 3. The number of anilines is 1. The summed E-state index contributed by atoms with van der Waals surface area (Å²) in [5, 5.41) is 9.09. The molecule has 4 atom stereocenters. The van der Waals surface area contributed by atoms with Gasteiger partial charge in [-0.2, -0.15) is 0 Å². The van der Waals surface area contributed by atoms with Crippen molar-refractivity contribution in [2.24, 2.45) is 5.92 Å². The highest BCUT2D eigenvalue weighted by Crippen LogP contribution is 2.55. The maximum absolute atomic E-state index is 14.7. The second-order valence-corrected chi connectivity index (χ2v) is 15.6. The molecule has 1 amide bonds. The van der Waals surface area contributed by atoms with Crippen molar-refractivity contribution in [1.82, 2.24) is 15.1 Å². The third-order valence-electron chi connectivity index (χ3n) is 9.34. The van der Waals surface area contributed by atoms with E-state index in [4.69, 9.17) is 32.4 Å². The molecule has 9 nitrogen and oxygen atoms in total. The first-order valence-electron chi connectivity index (χ1n) is 15.6. The first-order chi connectivity index (χ1) is 22.5. The second kappa shape index (κ2) is 12.5. The van der Waals surface area contributed by atoms with Crippen LogP contribution < -0.4 is 4.72 Å². The predicted octanol–water partition coefficient (Wildman–Crippen LogP) is 7.22. The fourth-order valence-electron chi connectivity index (χ4n) is 6.66. The lowest BCUT2D eigenvalue weighted by molar-refractivity contribution is -0.181. The molecule has 0 spiro atoms. The lowest BCUT2D eigenvalue weighted by Crippen LogP contribution is -2.57. The summed E-state index contributed by atoms with van der Waals surface area (Å²) in [4.78, 5) is 16.6. The summed E-state index contributed by atoms with van der Waals surface area (Å²) >= 11 is 12.8. The topological polar surface area (TPSA) is 115 Å². The van der Waals surface area contributed by atoms with Gasteiger partial charge in [0.2, 0.25) is 21.8 Å². The maximum Gasteiger partial charge on any atom is 0.253 e. The third-order valence-corrected chi connectivity index (χ3v) is 12.0. The minimum atomic E-state index is -4.03. The van der Waals surface area contributed by atoms with E-state index >= 15 is 0 Å². The number of morpholine rings is 1. The summed E-state index contributed by atoms with van der Waals surface area (Å²) in [6.07, 6.45) is 1.03. The number of amides is 1. The Hall–Kier alpha value is -3.51. The molecule has 2 heterocycles. The van der Waals surface area contributed by atoms with Gasteiger partial charge in [-0.25, -0.2) is 12.8 Å². The Morgan fingerprint density at radius 3 is 2.38 bits per heavy atom. The van der Waals surface area contributed by atoms with Crippen LogP contribution in [0.15, 0.2) is 77.2 Å². The van der Waals surface area contributed by atoms with E-state index in [1.165, 1.54) is 18.2 Å². The molecule has 3 aliphatic rings. The molecular weight excluding hydrogens is 666 g/mol. The maximum atomic E-state index is 14.7. The summed E-state index contributed by atoms with van der Waals surface area (Å²) in [6.45, 7) is 1.67. The van der Waals surface area contributed by atoms with Crippen molar-refractivity contribution in [3.05, 3.63) is 112 Å². The Kier molecular flexibility index (Phi) is 8.53. The van der Waals surface area contributed by atoms with E-state index < -0.39 is 44.9 Å². The molecule has 7 rings (SSSR count). The number of ether oxygens (including phenoxy) is 1. The lowest BCUT2D eigenvalue weighted by Gasteiger charge is -2.49. The summed E-state index contributed by atoms with van der Waals surface area (Å²) in [5.74, 6) is -0.260. The molecular formula is C34H33Cl2FN4O5S. The molecule has 1 aromatic heterocycles. The quantitative estimate of drug-likeness (QED) is 0.176. The van der Waals surface area contributed by atoms with Crippen LogP contribution in [0.5, 0.6) is 0 Å². The molecule has 4 aromatic rings. The number of benzene rings is 3. The van der Waals surface area contributed by atoms with Gasteiger partial charge in [-0.1, -0.05) is 59.6 Å². The highest BCUT2D eigenvalue weighted by atomic mass is 35.5. The molecule has 0 bridgehead atoms. The van der Waals surface area contributed by atoms with E-state index in [0.29, 0.717) is 28.8 Å². The number of rotatable bonds is 11. The first-order valence-corrected chi connectivity index (χ1v) is 17.8. The molecule has 2 aliphatic carbocycles. The van der Waals surface area contributed by atoms with Gasteiger partial charge in [0, 0.05) is 23.0 Å². The smallest absolute Gasteiger partial charge is 0.253 e. The average Bonchev–Trinajstić information content (AvgIpc) is 3.97. The summed E-state index contributed by atoms with van der Waals surface area (Å²) in [5.41, 5.74) is 1.44. The van der Waals surface area contributed by atoms with Gasteiger partial charge in [-0.05, 0) is 85.5 Å². The van der Waals surface area contributed by atoms with E-state index in [0.717, 1.165) is 24.0 Å². The van der Waals surface area contributed by atoms with Gasteiger partial charge in [-0.15, -0.1) is 10.2 Å². The van der Waals surface area contributed by atoms with E-state index in [2.05, 4.69) is 14.9 Å². The van der Waals surface area contributed by atoms with Crippen LogP contribution in [-0.4, -0.2) is 46.3 Å². The van der Waals surface area contributed by atoms with Crippen LogP contribution in [0.2, 0.25) is 10.0 Å². The Bertz CT molecular complexity index is 1900. The second-order valence-electron chi connectivity index (χ2n) is 12.6. The average molecular weight is 700 g/mol. The van der Waals surface area contributed by atoms with Crippen molar-refractivity contribution in [1.29, 1.82) is 0 Å². The molecule has 0 radical (unpaired) electrons. The molecule has 0 unspecified atom stereocenters. The highest BCUT2D eigenvalue weighted by Gasteiger charge is 2.60. The summed E-state index contributed by atoms with van der Waals surface area (Å²) < 4.78 is 56.1. The molecule has 3 fully saturated rings. The SMILES string of the molecule is Cc1nnc(C[C@H]2O[C@@H](c3cccc(Cl)c3)[C@@H](c3ccc(Cl)cc3)N([C@@H](CC3(S(=O)(=O)Nc4ccccc4F)CC3)C3CC3)C2=O)o1. The zero-order valence-electron chi connectivity index (χ0n) is 25.5. The highest BCUT2D eigenvalue weighted by molar-refractivity contribution is 7.94. The number of sulfonamides is 1. The number of hydrogen-bond donors (Lipinski definition) is 1. The zero-order valence-corrected chi connectivity index (χ0v) is 27.8. The van der Waals surface area contributed by atoms with Gasteiger partial charge in [0.25, 0.3) is 5.91 Å². The number of carbonyl (C=O) groups excluding carboxylic acids is 1. The van der Waals surface area contributed by atoms with Gasteiger partial charge in [0.1, 0.15) is 18.0 Å². The Morgan fingerprint density at radius 1 is 1.00 bits per heavy atom. The number of para-hydroxylation sites is 1. The van der Waals surface area contributed by atoms with Crippen LogP contribution >= 0.6 is 23.2 Å². The van der Waals surface area contributed by atoms with Crippen LogP contribution in [0.3, 0.4) is 0 Å². The van der Waals surface area contributed by atoms with Gasteiger partial charge < -0.3 is 14.1 Å². The van der Waals surface area contributed by atoms with Crippen LogP contribution in [0.1, 0.15) is 67.2 Å². The van der Waals surface area contributed by atoms with Gasteiger partial charge in [-0.3, -0.25) is 9.52 Å². The summed E-state index contributed by atoms with van der Waals surface area (Å²) in [6, 6.07) is 19.2. The normalized spacial score (nSPS) is 23.0. The Balaban J connectivity index is 1.31. The van der Waals surface area contributed by atoms with Crippen LogP contribution in [0.25, 0.3) is 0 Å². The largest absolute Gasteiger partial charge is 0.425 e. The standard InChI is InChI=1S/C34H33Cl2FN4O5S/c1-20-38-39-30(45-20)18-29-33(42)41(31(22-11-13-24(35)14-12-22)32(46-29)23-5-4-6-25(36)17-23)28(21-9-10-21)19-34(15-16-34)47(43,44)40-27-8-3-2-7-26(27)37/h2-8,11-14,17,21,28-29,31-32,40H,9-10,15-16,18-19H2,1H3/t28-,29+,31+,32-/m0/s1. The lowest BCUT2D eigenvalue weighted by atomic mass is 9.88. The number of nitrogens with one attached hydrogen (secondary N) is 1. The van der Waals surface area contributed by atoms with Crippen LogP contribution in [0, 0.1) is 18.7 Å². The minimum absolute atomic E-state index is 0.0379. The predicted molar refractivity (Wildman–Crippen MR) is 175 cm³/mol. The zero-order chi connectivity index (χ0) is 32.9. The van der Waals surface area contributed by atoms with Gasteiger partial charge in [0.05, 0.1) is 22.9 Å². The Labute approximate surface area is 282 Å². The first kappa shape index (κ1) is 32.1. The van der Waals surface area contributed by atoms with E-state index in [-0.39, 0.29) is 36.2 Å². The summed E-state index contributed by atoms with van der Waals surface area (Å²) in [7, 11) is -4.03. The van der Waals surface area contributed by atoms with Crippen molar-refractivity contribution in [2.75, 3.05) is 4.72 Å². The number of hydrogen-bond acceptors (Lipinski definition) is 7. The number of carbonyl (C=O) groups is 1. The van der Waals surface area contributed by atoms with Crippen molar-refractivity contribution >= 4 is 44.8 Å². The van der Waals surface area contributed by atoms with E-state index in [1.807, 2.05) is 35.2 Å². The van der Waals surface area contributed by atoms with Crippen molar-refractivity contribution < 1.29 is 26.8 Å².